The van der Waals surface area contributed by atoms with Crippen molar-refractivity contribution in [1.29, 1.82) is 0 Å². The molecule has 6 nitrogen and oxygen atoms in total. The van der Waals surface area contributed by atoms with Crippen LogP contribution in [0.4, 0.5) is 0 Å². The van der Waals surface area contributed by atoms with Crippen LogP contribution in [0.5, 0.6) is 0 Å². The SMILES string of the molecule is CC/C=C\C/C=C\C/C=C\CCCCCC(=O)OC(COC(=O)CCCCCCCCCCCCCCC)COC(=O)CCCCCCCCCCCCCCCCCCCCC/C=C\CCCCCCCCCC. The summed E-state index contributed by atoms with van der Waals surface area (Å²) >= 11 is 0. The summed E-state index contributed by atoms with van der Waals surface area (Å²) in [6.45, 7) is 6.55. The maximum atomic E-state index is 12.8. The summed E-state index contributed by atoms with van der Waals surface area (Å²) in [5.74, 6) is -0.890. The van der Waals surface area contributed by atoms with E-state index >= 15 is 0 Å². The van der Waals surface area contributed by atoms with Crippen LogP contribution in [0.2, 0.25) is 0 Å². The number of unbranched alkanes of at least 4 members (excludes halogenated alkanes) is 42. The summed E-state index contributed by atoms with van der Waals surface area (Å²) in [4.78, 5) is 38.2. The number of carbonyl (C=O) groups excluding carboxylic acids is 3. The average Bonchev–Trinajstić information content (AvgIpc) is 3.41. The van der Waals surface area contributed by atoms with Crippen LogP contribution < -0.4 is 0 Å². The molecule has 0 aromatic carbocycles. The molecule has 0 rings (SSSR count). The number of ether oxygens (including phenoxy) is 3. The van der Waals surface area contributed by atoms with Crippen LogP contribution in [0, 0.1) is 0 Å². The Hall–Kier alpha value is -2.63. The Morgan fingerprint density at radius 1 is 0.280 bits per heavy atom. The third kappa shape index (κ3) is 62.1. The molecule has 0 aliphatic heterocycles. The third-order valence-electron chi connectivity index (χ3n) is 14.8. The molecule has 0 saturated heterocycles. The number of allylic oxidation sites excluding steroid dienone is 8. The van der Waals surface area contributed by atoms with Gasteiger partial charge in [0.2, 0.25) is 0 Å². The number of esters is 3. The first kappa shape index (κ1) is 72.4. The third-order valence-corrected chi connectivity index (χ3v) is 14.8. The second-order valence-electron chi connectivity index (χ2n) is 22.4. The van der Waals surface area contributed by atoms with Crippen molar-refractivity contribution in [3.8, 4) is 0 Å². The summed E-state index contributed by atoms with van der Waals surface area (Å²) in [7, 11) is 0. The van der Waals surface area contributed by atoms with E-state index in [0.717, 1.165) is 83.5 Å². The van der Waals surface area contributed by atoms with Crippen molar-refractivity contribution in [2.24, 2.45) is 0 Å². The van der Waals surface area contributed by atoms with Gasteiger partial charge in [0.05, 0.1) is 0 Å². The Balaban J connectivity index is 4.10. The van der Waals surface area contributed by atoms with Crippen LogP contribution in [-0.2, 0) is 28.6 Å². The Morgan fingerprint density at radius 2 is 0.520 bits per heavy atom. The van der Waals surface area contributed by atoms with Crippen molar-refractivity contribution in [2.75, 3.05) is 13.2 Å². The second-order valence-corrected chi connectivity index (χ2v) is 22.4. The number of rotatable bonds is 61. The fourth-order valence-corrected chi connectivity index (χ4v) is 9.87. The molecule has 1 atom stereocenters. The summed E-state index contributed by atoms with van der Waals surface area (Å²) in [5, 5.41) is 0. The van der Waals surface area contributed by atoms with Crippen LogP contribution in [0.25, 0.3) is 0 Å². The zero-order valence-electron chi connectivity index (χ0n) is 50.3. The van der Waals surface area contributed by atoms with E-state index in [4.69, 9.17) is 14.2 Å². The van der Waals surface area contributed by atoms with Crippen LogP contribution >= 0.6 is 0 Å². The van der Waals surface area contributed by atoms with Gasteiger partial charge in [0.25, 0.3) is 0 Å². The summed E-state index contributed by atoms with van der Waals surface area (Å²) in [5.41, 5.74) is 0. The smallest absolute Gasteiger partial charge is 0.306 e. The lowest BCUT2D eigenvalue weighted by molar-refractivity contribution is -0.167. The van der Waals surface area contributed by atoms with Crippen LogP contribution in [-0.4, -0.2) is 37.2 Å². The van der Waals surface area contributed by atoms with E-state index < -0.39 is 6.10 Å². The van der Waals surface area contributed by atoms with Gasteiger partial charge in [-0.3, -0.25) is 14.4 Å². The van der Waals surface area contributed by atoms with Gasteiger partial charge in [0, 0.05) is 19.3 Å². The highest BCUT2D eigenvalue weighted by Crippen LogP contribution is 2.18. The van der Waals surface area contributed by atoms with Crippen molar-refractivity contribution >= 4 is 17.9 Å². The molecule has 0 aromatic heterocycles. The zero-order chi connectivity index (χ0) is 54.3. The molecule has 0 bridgehead atoms. The molecule has 6 heteroatoms. The molecule has 0 aliphatic rings. The van der Waals surface area contributed by atoms with Crippen LogP contribution in [0.3, 0.4) is 0 Å². The van der Waals surface area contributed by atoms with Gasteiger partial charge in [0.15, 0.2) is 6.10 Å². The van der Waals surface area contributed by atoms with E-state index in [0.29, 0.717) is 19.3 Å². The maximum Gasteiger partial charge on any atom is 0.306 e. The molecular formula is C69H126O6. The fourth-order valence-electron chi connectivity index (χ4n) is 9.87. The van der Waals surface area contributed by atoms with Crippen LogP contribution in [0.15, 0.2) is 48.6 Å². The molecule has 0 aromatic rings. The van der Waals surface area contributed by atoms with Gasteiger partial charge in [-0.15, -0.1) is 0 Å². The molecule has 438 valence electrons. The monoisotopic (exact) mass is 1050 g/mol. The first-order valence-corrected chi connectivity index (χ1v) is 33.1. The lowest BCUT2D eigenvalue weighted by atomic mass is 10.0. The molecule has 0 N–H and O–H groups in total. The van der Waals surface area contributed by atoms with Crippen molar-refractivity contribution in [3.63, 3.8) is 0 Å². The van der Waals surface area contributed by atoms with E-state index in [2.05, 4.69) is 69.4 Å². The molecule has 0 fully saturated rings. The van der Waals surface area contributed by atoms with E-state index in [1.165, 1.54) is 231 Å². The van der Waals surface area contributed by atoms with Gasteiger partial charge in [-0.25, -0.2) is 0 Å². The number of carbonyl (C=O) groups is 3. The van der Waals surface area contributed by atoms with Gasteiger partial charge < -0.3 is 14.2 Å². The van der Waals surface area contributed by atoms with Crippen LogP contribution in [0.1, 0.15) is 355 Å². The molecule has 0 aliphatic carbocycles. The molecule has 0 saturated carbocycles. The minimum atomic E-state index is -0.785. The van der Waals surface area contributed by atoms with Crippen molar-refractivity contribution < 1.29 is 28.6 Å². The molecule has 75 heavy (non-hydrogen) atoms. The topological polar surface area (TPSA) is 78.9 Å². The van der Waals surface area contributed by atoms with Gasteiger partial charge >= 0.3 is 17.9 Å². The van der Waals surface area contributed by atoms with Crippen molar-refractivity contribution in [1.82, 2.24) is 0 Å². The molecule has 0 spiro atoms. The molecule has 0 heterocycles. The summed E-state index contributed by atoms with van der Waals surface area (Å²) in [6, 6.07) is 0. The number of hydrogen-bond donors (Lipinski definition) is 0. The van der Waals surface area contributed by atoms with Crippen molar-refractivity contribution in [2.45, 2.75) is 361 Å². The minimum Gasteiger partial charge on any atom is -0.462 e. The first-order valence-electron chi connectivity index (χ1n) is 33.1. The first-order chi connectivity index (χ1) is 37.0. The Labute approximate surface area is 467 Å². The highest BCUT2D eigenvalue weighted by Gasteiger charge is 2.19. The van der Waals surface area contributed by atoms with E-state index in [9.17, 15) is 14.4 Å². The van der Waals surface area contributed by atoms with Crippen molar-refractivity contribution in [3.05, 3.63) is 48.6 Å². The summed E-state index contributed by atoms with van der Waals surface area (Å²) < 4.78 is 16.9. The Kier molecular flexibility index (Phi) is 61.7. The normalized spacial score (nSPS) is 12.3. The largest absolute Gasteiger partial charge is 0.462 e. The predicted octanol–water partition coefficient (Wildman–Crippen LogP) is 22.6. The maximum absolute atomic E-state index is 12.8. The molecule has 1 unspecified atom stereocenters. The lowest BCUT2D eigenvalue weighted by Crippen LogP contribution is -2.30. The quantitative estimate of drug-likeness (QED) is 0.0261. The highest BCUT2D eigenvalue weighted by molar-refractivity contribution is 5.71. The molecule has 0 radical (unpaired) electrons. The average molecular weight is 1050 g/mol. The van der Waals surface area contributed by atoms with Gasteiger partial charge in [0.1, 0.15) is 13.2 Å². The van der Waals surface area contributed by atoms with Gasteiger partial charge in [-0.1, -0.05) is 307 Å². The van der Waals surface area contributed by atoms with Gasteiger partial charge in [-0.05, 0) is 77.0 Å². The fraction of sp³-hybridized carbons (Fsp3) is 0.841. The summed E-state index contributed by atoms with van der Waals surface area (Å²) in [6.07, 6.45) is 80.1. The second kappa shape index (κ2) is 63.9. The highest BCUT2D eigenvalue weighted by atomic mass is 16.6. The van der Waals surface area contributed by atoms with Gasteiger partial charge in [-0.2, -0.15) is 0 Å². The minimum absolute atomic E-state index is 0.0806. The lowest BCUT2D eigenvalue weighted by Gasteiger charge is -2.18. The number of hydrogen-bond acceptors (Lipinski definition) is 6. The zero-order valence-corrected chi connectivity index (χ0v) is 50.3. The Bertz CT molecular complexity index is 1300. The molecule has 0 amide bonds. The molecular weight excluding hydrogens is 925 g/mol. The standard InChI is InChI=1S/C69H126O6/c1-4-7-10-13-16-19-22-25-26-27-28-29-30-31-32-33-34-35-36-37-38-39-40-41-42-45-47-50-53-56-59-62-68(71)74-65-66(75-69(72)63-60-57-54-51-48-44-24-21-18-15-12-9-6-3)64-73-67(70)61-58-55-52-49-46-43-23-20-17-14-11-8-5-2/h9,12,18,21,27-28,44,48,66H,4-8,10-11,13-17,19-20,22-26,29-43,45-47,49-65H2,1-3H3/b12-9-,21-18-,28-27-,48-44-. The van der Waals surface area contributed by atoms with E-state index in [1.54, 1.807) is 0 Å². The predicted molar refractivity (Wildman–Crippen MR) is 325 cm³/mol. The van der Waals surface area contributed by atoms with E-state index in [-0.39, 0.29) is 31.1 Å². The van der Waals surface area contributed by atoms with E-state index in [1.807, 2.05) is 0 Å². The Morgan fingerprint density at radius 3 is 0.840 bits per heavy atom.